The van der Waals surface area contributed by atoms with E-state index in [1.54, 1.807) is 0 Å². The second kappa shape index (κ2) is 4.75. The van der Waals surface area contributed by atoms with Crippen molar-refractivity contribution in [1.82, 2.24) is 4.90 Å². The first-order valence-electron chi connectivity index (χ1n) is 4.32. The van der Waals surface area contributed by atoms with Gasteiger partial charge in [0, 0.05) is 6.04 Å². The summed E-state index contributed by atoms with van der Waals surface area (Å²) >= 11 is 0. The smallest absolute Gasteiger partial charge is 0.449 e. The molecule has 0 aromatic rings. The lowest BCUT2D eigenvalue weighted by molar-refractivity contribution is 0.239. The number of halogens is 3. The van der Waals surface area contributed by atoms with E-state index in [1.165, 1.54) is 0 Å². The molecule has 0 aliphatic heterocycles. The molecule has 0 aliphatic carbocycles. The maximum atomic E-state index is 11.9. The standard InChI is InChI=1S/C7H16BF3N/c1-4-12(7(2)3)6-5-8(9,10)11/h7H,4-6H2,1-3H3/q-1. The van der Waals surface area contributed by atoms with Crippen molar-refractivity contribution < 1.29 is 12.9 Å². The second-order valence-electron chi connectivity index (χ2n) is 3.22. The maximum absolute atomic E-state index is 11.9. The van der Waals surface area contributed by atoms with Gasteiger partial charge in [-0.25, -0.2) is 0 Å². The first-order chi connectivity index (χ1) is 5.37. The van der Waals surface area contributed by atoms with Crippen LogP contribution in [0.1, 0.15) is 20.8 Å². The van der Waals surface area contributed by atoms with Crippen LogP contribution < -0.4 is 0 Å². The van der Waals surface area contributed by atoms with Gasteiger partial charge in [-0.15, -0.1) is 0 Å². The Morgan fingerprint density at radius 1 is 1.25 bits per heavy atom. The molecule has 0 heterocycles. The Hall–Kier alpha value is -0.185. The van der Waals surface area contributed by atoms with E-state index in [2.05, 4.69) is 0 Å². The van der Waals surface area contributed by atoms with Crippen molar-refractivity contribution >= 4 is 6.98 Å². The number of hydrogen-bond acceptors (Lipinski definition) is 1. The first-order valence-corrected chi connectivity index (χ1v) is 4.32. The molecule has 0 rings (SSSR count). The molecule has 0 aliphatic rings. The summed E-state index contributed by atoms with van der Waals surface area (Å²) in [6.07, 6.45) is -0.647. The fraction of sp³-hybridized carbons (Fsp3) is 1.00. The Balaban J connectivity index is 3.73. The van der Waals surface area contributed by atoms with E-state index in [0.29, 0.717) is 6.54 Å². The predicted octanol–water partition coefficient (Wildman–Crippen LogP) is 2.56. The lowest BCUT2D eigenvalue weighted by Crippen LogP contribution is -2.34. The van der Waals surface area contributed by atoms with Crippen LogP contribution in [0.2, 0.25) is 6.32 Å². The van der Waals surface area contributed by atoms with E-state index in [9.17, 15) is 12.9 Å². The van der Waals surface area contributed by atoms with E-state index in [0.717, 1.165) is 0 Å². The molecule has 0 atom stereocenters. The summed E-state index contributed by atoms with van der Waals surface area (Å²) < 4.78 is 35.6. The number of rotatable bonds is 5. The fourth-order valence-electron chi connectivity index (χ4n) is 1.09. The molecule has 0 radical (unpaired) electrons. The third kappa shape index (κ3) is 5.46. The van der Waals surface area contributed by atoms with Crippen LogP contribution in [0.15, 0.2) is 0 Å². The van der Waals surface area contributed by atoms with Crippen molar-refractivity contribution in [3.05, 3.63) is 0 Å². The van der Waals surface area contributed by atoms with Crippen molar-refractivity contribution in [2.24, 2.45) is 0 Å². The van der Waals surface area contributed by atoms with E-state index >= 15 is 0 Å². The molecule has 0 N–H and O–H groups in total. The molecule has 1 nitrogen and oxygen atoms in total. The van der Waals surface area contributed by atoms with Gasteiger partial charge in [-0.05, 0) is 26.9 Å². The van der Waals surface area contributed by atoms with Gasteiger partial charge in [0.25, 0.3) is 0 Å². The van der Waals surface area contributed by atoms with Gasteiger partial charge in [0.1, 0.15) is 0 Å². The van der Waals surface area contributed by atoms with Crippen LogP contribution in [0.5, 0.6) is 0 Å². The maximum Gasteiger partial charge on any atom is 0.479 e. The van der Waals surface area contributed by atoms with Gasteiger partial charge >= 0.3 is 6.98 Å². The SMILES string of the molecule is CCN(CC[B-](F)(F)F)C(C)C. The average molecular weight is 182 g/mol. The number of hydrogen-bond donors (Lipinski definition) is 0. The largest absolute Gasteiger partial charge is 0.479 e. The van der Waals surface area contributed by atoms with Gasteiger partial charge < -0.3 is 17.8 Å². The Kier molecular flexibility index (Phi) is 4.67. The molecule has 0 aromatic heterocycles. The highest BCUT2D eigenvalue weighted by Crippen LogP contribution is 2.15. The predicted molar refractivity (Wildman–Crippen MR) is 46.3 cm³/mol. The zero-order valence-corrected chi connectivity index (χ0v) is 7.86. The summed E-state index contributed by atoms with van der Waals surface area (Å²) in [6.45, 7) is 1.91. The first kappa shape index (κ1) is 11.8. The van der Waals surface area contributed by atoms with Gasteiger partial charge in [-0.3, -0.25) is 0 Å². The van der Waals surface area contributed by atoms with Crippen molar-refractivity contribution in [2.45, 2.75) is 33.1 Å². The Morgan fingerprint density at radius 2 is 1.75 bits per heavy atom. The minimum atomic E-state index is -4.61. The van der Waals surface area contributed by atoms with Gasteiger partial charge in [0.15, 0.2) is 0 Å². The lowest BCUT2D eigenvalue weighted by Gasteiger charge is -2.27. The van der Waals surface area contributed by atoms with Crippen LogP contribution >= 0.6 is 0 Å². The summed E-state index contributed by atoms with van der Waals surface area (Å²) in [4.78, 5) is 1.81. The zero-order chi connectivity index (χ0) is 9.78. The van der Waals surface area contributed by atoms with Crippen molar-refractivity contribution in [1.29, 1.82) is 0 Å². The van der Waals surface area contributed by atoms with Crippen molar-refractivity contribution in [3.63, 3.8) is 0 Å². The molecule has 0 saturated carbocycles. The highest BCUT2D eigenvalue weighted by Gasteiger charge is 2.23. The van der Waals surface area contributed by atoms with E-state index in [1.807, 2.05) is 25.7 Å². The van der Waals surface area contributed by atoms with Crippen LogP contribution in [0.25, 0.3) is 0 Å². The molecule has 0 bridgehead atoms. The fourth-order valence-corrected chi connectivity index (χ4v) is 1.09. The third-order valence-corrected chi connectivity index (χ3v) is 1.88. The molecular weight excluding hydrogens is 166 g/mol. The zero-order valence-electron chi connectivity index (χ0n) is 7.86. The highest BCUT2D eigenvalue weighted by atomic mass is 19.4. The van der Waals surface area contributed by atoms with Crippen LogP contribution in [0, 0.1) is 0 Å². The molecule has 0 aromatic carbocycles. The topological polar surface area (TPSA) is 3.24 Å². The van der Waals surface area contributed by atoms with Crippen molar-refractivity contribution in [2.75, 3.05) is 13.1 Å². The molecule has 0 amide bonds. The van der Waals surface area contributed by atoms with Gasteiger partial charge in [-0.1, -0.05) is 13.2 Å². The van der Waals surface area contributed by atoms with E-state index < -0.39 is 13.3 Å². The minimum Gasteiger partial charge on any atom is -0.449 e. The van der Waals surface area contributed by atoms with Crippen LogP contribution in [0.4, 0.5) is 12.9 Å². The second-order valence-corrected chi connectivity index (χ2v) is 3.22. The molecule has 0 saturated heterocycles. The molecule has 5 heteroatoms. The van der Waals surface area contributed by atoms with Gasteiger partial charge in [0.2, 0.25) is 0 Å². The van der Waals surface area contributed by atoms with Crippen LogP contribution in [-0.2, 0) is 0 Å². The summed E-state index contributed by atoms with van der Waals surface area (Å²) in [5.74, 6) is 0. The Labute approximate surface area is 72.0 Å². The monoisotopic (exact) mass is 182 g/mol. The molecule has 0 spiro atoms. The van der Waals surface area contributed by atoms with Crippen LogP contribution in [-0.4, -0.2) is 31.0 Å². The molecule has 12 heavy (non-hydrogen) atoms. The lowest BCUT2D eigenvalue weighted by atomic mass is 9.86. The third-order valence-electron chi connectivity index (χ3n) is 1.88. The summed E-state index contributed by atoms with van der Waals surface area (Å²) in [7, 11) is 0. The molecular formula is C7H16BF3N-. The highest BCUT2D eigenvalue weighted by molar-refractivity contribution is 6.58. The summed E-state index contributed by atoms with van der Waals surface area (Å²) in [6, 6.07) is 0.202. The normalized spacial score (nSPS) is 13.0. The van der Waals surface area contributed by atoms with Crippen LogP contribution in [0.3, 0.4) is 0 Å². The molecule has 74 valence electrons. The summed E-state index contributed by atoms with van der Waals surface area (Å²) in [5, 5.41) is 0. The quantitative estimate of drug-likeness (QED) is 0.590. The number of nitrogens with zero attached hydrogens (tertiary/aromatic N) is 1. The summed E-state index contributed by atoms with van der Waals surface area (Å²) in [5.41, 5.74) is 0. The van der Waals surface area contributed by atoms with E-state index in [4.69, 9.17) is 0 Å². The average Bonchev–Trinajstić information content (AvgIpc) is 1.85. The van der Waals surface area contributed by atoms with Gasteiger partial charge in [-0.2, -0.15) is 0 Å². The van der Waals surface area contributed by atoms with E-state index in [-0.39, 0.29) is 12.6 Å². The van der Waals surface area contributed by atoms with Gasteiger partial charge in [0.05, 0.1) is 0 Å². The Bertz CT molecular complexity index is 124. The molecule has 0 unspecified atom stereocenters. The van der Waals surface area contributed by atoms with Crippen molar-refractivity contribution in [3.8, 4) is 0 Å². The minimum absolute atomic E-state index is 0.137. The molecule has 0 fully saturated rings. The Morgan fingerprint density at radius 3 is 2.00 bits per heavy atom.